The number of carbonyl (C=O) groups excluding carboxylic acids is 1. The molecule has 0 aromatic heterocycles. The second-order valence-corrected chi connectivity index (χ2v) is 10.3. The Bertz CT molecular complexity index is 1540. The molecule has 4 aromatic rings. The normalized spacial score (nSPS) is 15.3. The fourth-order valence-electron chi connectivity index (χ4n) is 3.96. The molecule has 0 spiro atoms. The third kappa shape index (κ3) is 6.31. The first kappa shape index (κ1) is 26.9. The zero-order valence-corrected chi connectivity index (χ0v) is 23.3. The molecule has 39 heavy (non-hydrogen) atoms. The number of para-hydroxylation sites is 2. The minimum atomic E-state index is -0.172. The number of anilines is 1. The lowest BCUT2D eigenvalue weighted by Crippen LogP contribution is -2.28. The maximum atomic E-state index is 13.6. The molecule has 8 heteroatoms. The molecule has 4 aromatic carbocycles. The van der Waals surface area contributed by atoms with Gasteiger partial charge in [0.25, 0.3) is 5.91 Å². The summed E-state index contributed by atoms with van der Waals surface area (Å²) in [7, 11) is 0. The minimum Gasteiger partial charge on any atom is -0.490 e. The highest BCUT2D eigenvalue weighted by molar-refractivity contribution is 8.19. The minimum absolute atomic E-state index is 0.172. The van der Waals surface area contributed by atoms with E-state index in [1.165, 1.54) is 11.8 Å². The Labute approximate surface area is 241 Å². The first-order valence-corrected chi connectivity index (χ1v) is 13.9. The third-order valence-corrected chi connectivity index (χ3v) is 7.38. The van der Waals surface area contributed by atoms with Gasteiger partial charge in [-0.3, -0.25) is 9.69 Å². The maximum Gasteiger partial charge on any atom is 0.271 e. The number of ether oxygens (including phenoxy) is 2. The van der Waals surface area contributed by atoms with Crippen molar-refractivity contribution in [2.45, 2.75) is 13.5 Å². The zero-order chi connectivity index (χ0) is 27.2. The number of hydrogen-bond donors (Lipinski definition) is 0. The lowest BCUT2D eigenvalue weighted by Gasteiger charge is -2.15. The van der Waals surface area contributed by atoms with Crippen LogP contribution >= 0.6 is 35.0 Å². The van der Waals surface area contributed by atoms with E-state index >= 15 is 0 Å². The van der Waals surface area contributed by atoms with Crippen molar-refractivity contribution in [1.29, 1.82) is 0 Å². The molecule has 0 bridgehead atoms. The van der Waals surface area contributed by atoms with Crippen molar-refractivity contribution in [3.63, 3.8) is 0 Å². The van der Waals surface area contributed by atoms with Gasteiger partial charge in [-0.2, -0.15) is 0 Å². The molecular weight excluding hydrogens is 551 g/mol. The predicted octanol–water partition coefficient (Wildman–Crippen LogP) is 8.78. The van der Waals surface area contributed by atoms with Gasteiger partial charge in [-0.25, -0.2) is 4.99 Å². The van der Waals surface area contributed by atoms with E-state index in [4.69, 9.17) is 37.7 Å². The largest absolute Gasteiger partial charge is 0.490 e. The predicted molar refractivity (Wildman–Crippen MR) is 161 cm³/mol. The molecule has 5 rings (SSSR count). The van der Waals surface area contributed by atoms with Gasteiger partial charge in [-0.05, 0) is 72.8 Å². The number of amidine groups is 1. The van der Waals surface area contributed by atoms with Crippen molar-refractivity contribution in [3.8, 4) is 11.5 Å². The number of benzene rings is 4. The molecule has 1 aliphatic rings. The van der Waals surface area contributed by atoms with E-state index in [1.54, 1.807) is 17.0 Å². The third-order valence-electron chi connectivity index (χ3n) is 5.76. The molecule has 1 fully saturated rings. The molecule has 5 nitrogen and oxygen atoms in total. The monoisotopic (exact) mass is 574 g/mol. The van der Waals surface area contributed by atoms with Gasteiger partial charge in [0.15, 0.2) is 16.7 Å². The van der Waals surface area contributed by atoms with Crippen LogP contribution in [0.2, 0.25) is 10.0 Å². The van der Waals surface area contributed by atoms with Crippen LogP contribution in [-0.4, -0.2) is 17.7 Å². The molecule has 0 aliphatic carbocycles. The Hall–Kier alpha value is -3.71. The summed E-state index contributed by atoms with van der Waals surface area (Å²) in [4.78, 5) is 20.5. The molecule has 0 N–H and O–H groups in total. The highest BCUT2D eigenvalue weighted by Crippen LogP contribution is 2.41. The number of rotatable bonds is 8. The van der Waals surface area contributed by atoms with E-state index in [1.807, 2.05) is 97.9 Å². The van der Waals surface area contributed by atoms with Crippen LogP contribution in [0.15, 0.2) is 107 Å². The molecule has 0 saturated carbocycles. The van der Waals surface area contributed by atoms with Crippen LogP contribution in [0, 0.1) is 0 Å². The number of hydrogen-bond acceptors (Lipinski definition) is 5. The van der Waals surface area contributed by atoms with Crippen LogP contribution in [0.3, 0.4) is 0 Å². The summed E-state index contributed by atoms with van der Waals surface area (Å²) in [6.45, 7) is 2.54. The molecule has 1 aliphatic heterocycles. The molecular formula is C31H24Cl2N2O3S. The van der Waals surface area contributed by atoms with Crippen molar-refractivity contribution >= 4 is 63.5 Å². The molecule has 0 unspecified atom stereocenters. The van der Waals surface area contributed by atoms with Crippen molar-refractivity contribution in [2.24, 2.45) is 4.99 Å². The smallest absolute Gasteiger partial charge is 0.271 e. The van der Waals surface area contributed by atoms with Crippen LogP contribution < -0.4 is 14.4 Å². The average molecular weight is 576 g/mol. The van der Waals surface area contributed by atoms with Crippen molar-refractivity contribution in [3.05, 3.63) is 123 Å². The summed E-state index contributed by atoms with van der Waals surface area (Å²) in [5, 5.41) is 1.55. The molecule has 1 heterocycles. The van der Waals surface area contributed by atoms with E-state index in [-0.39, 0.29) is 12.5 Å². The van der Waals surface area contributed by atoms with E-state index in [0.29, 0.717) is 43.8 Å². The lowest BCUT2D eigenvalue weighted by molar-refractivity contribution is -0.113. The number of aliphatic imine (C=N–C) groups is 1. The van der Waals surface area contributed by atoms with Gasteiger partial charge in [0.05, 0.1) is 27.9 Å². The Morgan fingerprint density at radius 2 is 1.56 bits per heavy atom. The molecule has 1 amide bonds. The van der Waals surface area contributed by atoms with Crippen LogP contribution in [0.1, 0.15) is 18.1 Å². The Morgan fingerprint density at radius 3 is 2.28 bits per heavy atom. The number of amides is 1. The summed E-state index contributed by atoms with van der Waals surface area (Å²) < 4.78 is 11.9. The van der Waals surface area contributed by atoms with E-state index in [0.717, 1.165) is 16.9 Å². The molecule has 0 radical (unpaired) electrons. The number of halogens is 2. The van der Waals surface area contributed by atoms with Crippen LogP contribution in [0.25, 0.3) is 6.08 Å². The Balaban J connectivity index is 1.48. The molecule has 196 valence electrons. The highest BCUT2D eigenvalue weighted by Gasteiger charge is 2.34. The van der Waals surface area contributed by atoms with Gasteiger partial charge in [0, 0.05) is 10.6 Å². The fourth-order valence-corrected chi connectivity index (χ4v) is 5.42. The van der Waals surface area contributed by atoms with Crippen LogP contribution in [-0.2, 0) is 11.4 Å². The summed E-state index contributed by atoms with van der Waals surface area (Å²) in [6, 6.07) is 30.1. The second-order valence-electron chi connectivity index (χ2n) is 8.46. The topological polar surface area (TPSA) is 51.1 Å². The highest BCUT2D eigenvalue weighted by atomic mass is 35.5. The van der Waals surface area contributed by atoms with Crippen LogP contribution in [0.4, 0.5) is 11.4 Å². The summed E-state index contributed by atoms with van der Waals surface area (Å²) in [5.41, 5.74) is 3.04. The van der Waals surface area contributed by atoms with Gasteiger partial charge >= 0.3 is 0 Å². The second kappa shape index (κ2) is 12.4. The maximum absolute atomic E-state index is 13.6. The van der Waals surface area contributed by atoms with Crippen molar-refractivity contribution in [2.75, 3.05) is 11.5 Å². The Morgan fingerprint density at radius 1 is 0.872 bits per heavy atom. The summed E-state index contributed by atoms with van der Waals surface area (Å²) in [6.07, 6.45) is 1.79. The van der Waals surface area contributed by atoms with Crippen molar-refractivity contribution in [1.82, 2.24) is 0 Å². The van der Waals surface area contributed by atoms with E-state index in [9.17, 15) is 4.79 Å². The number of nitrogens with zero attached hydrogens (tertiary/aromatic N) is 2. The quantitative estimate of drug-likeness (QED) is 0.197. The standard InChI is InChI=1S/C31H24Cl2N2O3S/c1-2-37-27-18-21(17-26(33)29(27)38-20-22-11-9-10-16-25(22)32)19-28-30(36)35(24-14-7-4-8-15-24)31(39-28)34-23-12-5-3-6-13-23/h3-19H,2,20H2,1H3/b28-19+,34-31?. The van der Waals surface area contributed by atoms with Gasteiger partial charge in [0.2, 0.25) is 0 Å². The molecule has 1 saturated heterocycles. The molecule has 0 atom stereocenters. The average Bonchev–Trinajstić information content (AvgIpc) is 3.24. The SMILES string of the molecule is CCOc1cc(/C=C2/SC(=Nc3ccccc3)N(c3ccccc3)C2=O)cc(Cl)c1OCc1ccccc1Cl. The van der Waals surface area contributed by atoms with E-state index in [2.05, 4.69) is 0 Å². The summed E-state index contributed by atoms with van der Waals surface area (Å²) in [5.74, 6) is 0.731. The first-order valence-electron chi connectivity index (χ1n) is 12.3. The first-order chi connectivity index (χ1) is 19.0. The van der Waals surface area contributed by atoms with Gasteiger partial charge in [0.1, 0.15) is 6.61 Å². The Kier molecular flexibility index (Phi) is 8.57. The number of carbonyl (C=O) groups is 1. The van der Waals surface area contributed by atoms with E-state index < -0.39 is 0 Å². The lowest BCUT2D eigenvalue weighted by atomic mass is 10.1. The van der Waals surface area contributed by atoms with Gasteiger partial charge in [-0.1, -0.05) is 77.8 Å². The fraction of sp³-hybridized carbons (Fsp3) is 0.0968. The van der Waals surface area contributed by atoms with Gasteiger partial charge in [-0.15, -0.1) is 0 Å². The van der Waals surface area contributed by atoms with Crippen LogP contribution in [0.5, 0.6) is 11.5 Å². The van der Waals surface area contributed by atoms with Crippen molar-refractivity contribution < 1.29 is 14.3 Å². The van der Waals surface area contributed by atoms with Gasteiger partial charge < -0.3 is 9.47 Å². The summed E-state index contributed by atoms with van der Waals surface area (Å²) >= 11 is 14.3. The zero-order valence-electron chi connectivity index (χ0n) is 21.0. The number of thioether (sulfide) groups is 1.